The lowest BCUT2D eigenvalue weighted by Crippen LogP contribution is -2.38. The summed E-state index contributed by atoms with van der Waals surface area (Å²) in [5.41, 5.74) is 3.85. The van der Waals surface area contributed by atoms with E-state index in [1.54, 1.807) is 22.7 Å². The lowest BCUT2D eigenvalue weighted by Gasteiger charge is -2.13. The van der Waals surface area contributed by atoms with Crippen molar-refractivity contribution in [3.8, 4) is 21.3 Å². The number of thiophene rings is 2. The Morgan fingerprint density at radius 3 is 1.97 bits per heavy atom. The smallest absolute Gasteiger partial charge is 0.212 e. The van der Waals surface area contributed by atoms with Crippen LogP contribution in [-0.2, 0) is 0 Å². The summed E-state index contributed by atoms with van der Waals surface area (Å²) in [5, 5.41) is 7.82. The molecule has 1 aliphatic rings. The van der Waals surface area contributed by atoms with E-state index in [0.717, 1.165) is 67.8 Å². The van der Waals surface area contributed by atoms with Gasteiger partial charge < -0.3 is 14.2 Å². The Bertz CT molecular complexity index is 1320. The van der Waals surface area contributed by atoms with Crippen LogP contribution in [0.2, 0.25) is 0 Å². The number of aliphatic imine (C=N–C) groups is 1. The normalized spacial score (nSPS) is 13.8. The predicted molar refractivity (Wildman–Crippen MR) is 147 cm³/mol. The first kappa shape index (κ1) is 23.1. The molecule has 0 aromatic carbocycles. The number of rotatable bonds is 7. The Kier molecular flexibility index (Phi) is 7.11. The molecule has 0 aliphatic carbocycles. The summed E-state index contributed by atoms with van der Waals surface area (Å²) >= 11 is 3.36. The molecule has 4 aromatic rings. The molecule has 178 valence electrons. The summed E-state index contributed by atoms with van der Waals surface area (Å²) in [7, 11) is 0. The van der Waals surface area contributed by atoms with Crippen LogP contribution in [-0.4, -0.2) is 24.8 Å². The second kappa shape index (κ2) is 10.8. The van der Waals surface area contributed by atoms with Gasteiger partial charge in [0.05, 0.1) is 15.5 Å². The first-order chi connectivity index (χ1) is 17.1. The highest BCUT2D eigenvalue weighted by atomic mass is 32.1. The monoisotopic (exact) mass is 502 g/mol. The molecule has 1 aliphatic heterocycles. The Hall–Kier alpha value is -3.62. The zero-order valence-electron chi connectivity index (χ0n) is 19.6. The number of nitrogens with one attached hydrogen (secondary N) is 2. The fourth-order valence-electron chi connectivity index (χ4n) is 3.47. The van der Waals surface area contributed by atoms with Gasteiger partial charge in [-0.25, -0.2) is 5.43 Å². The maximum absolute atomic E-state index is 5.75. The number of hydrazone groups is 1. The van der Waals surface area contributed by atoms with Crippen molar-refractivity contribution in [3.63, 3.8) is 0 Å². The number of furan rings is 2. The first-order valence-electron chi connectivity index (χ1n) is 11.4. The molecular weight excluding hydrogens is 476 g/mol. The minimum Gasteiger partial charge on any atom is -0.461 e. The Labute approximate surface area is 212 Å². The van der Waals surface area contributed by atoms with Crippen LogP contribution in [0.1, 0.15) is 27.7 Å². The van der Waals surface area contributed by atoms with E-state index in [9.17, 15) is 0 Å². The summed E-state index contributed by atoms with van der Waals surface area (Å²) < 4.78 is 11.5. The zero-order chi connectivity index (χ0) is 24.0. The summed E-state index contributed by atoms with van der Waals surface area (Å²) in [6.07, 6.45) is 9.17. The molecule has 2 N–H and O–H groups in total. The average molecular weight is 503 g/mol. The van der Waals surface area contributed by atoms with Crippen molar-refractivity contribution in [2.75, 3.05) is 13.1 Å². The van der Waals surface area contributed by atoms with Gasteiger partial charge in [0.2, 0.25) is 5.96 Å². The van der Waals surface area contributed by atoms with Crippen LogP contribution in [0.25, 0.3) is 33.4 Å². The third-order valence-corrected chi connectivity index (χ3v) is 7.37. The predicted octanol–water partition coefficient (Wildman–Crippen LogP) is 6.97. The SMILES string of the molecule is Cc1ccc(-c2ccc(/C=C/C(/C=C/c3ccc(-c4ccc(C)o4)s3)=NNC3=NCCCN3)s2)o1. The third-order valence-electron chi connectivity index (χ3n) is 5.24. The van der Waals surface area contributed by atoms with Gasteiger partial charge in [-0.05, 0) is 93.1 Å². The van der Waals surface area contributed by atoms with E-state index in [1.807, 2.05) is 50.3 Å². The quantitative estimate of drug-likeness (QED) is 0.211. The van der Waals surface area contributed by atoms with E-state index in [1.165, 1.54) is 0 Å². The molecule has 5 rings (SSSR count). The van der Waals surface area contributed by atoms with Crippen molar-refractivity contribution in [2.24, 2.45) is 10.1 Å². The highest BCUT2D eigenvalue weighted by molar-refractivity contribution is 7.16. The van der Waals surface area contributed by atoms with Crippen LogP contribution < -0.4 is 10.7 Å². The maximum atomic E-state index is 5.75. The van der Waals surface area contributed by atoms with Crippen molar-refractivity contribution in [3.05, 3.63) is 82.0 Å². The van der Waals surface area contributed by atoms with Gasteiger partial charge in [0.1, 0.15) is 23.0 Å². The molecule has 35 heavy (non-hydrogen) atoms. The molecule has 8 heteroatoms. The van der Waals surface area contributed by atoms with Gasteiger partial charge in [-0.3, -0.25) is 4.99 Å². The molecule has 0 bridgehead atoms. The van der Waals surface area contributed by atoms with Gasteiger partial charge in [0.15, 0.2) is 0 Å². The second-order valence-electron chi connectivity index (χ2n) is 8.05. The number of hydrogen-bond acceptors (Lipinski definition) is 8. The largest absolute Gasteiger partial charge is 0.461 e. The number of hydrogen-bond donors (Lipinski definition) is 2. The summed E-state index contributed by atoms with van der Waals surface area (Å²) in [4.78, 5) is 8.88. The van der Waals surface area contributed by atoms with Crippen LogP contribution in [0.3, 0.4) is 0 Å². The third kappa shape index (κ3) is 6.09. The number of allylic oxidation sites excluding steroid dienone is 2. The molecule has 0 atom stereocenters. The van der Waals surface area contributed by atoms with E-state index in [-0.39, 0.29) is 0 Å². The highest BCUT2D eigenvalue weighted by Gasteiger charge is 2.07. The van der Waals surface area contributed by atoms with E-state index in [2.05, 4.69) is 57.3 Å². The minimum absolute atomic E-state index is 0.703. The average Bonchev–Trinajstić information content (AvgIpc) is 3.67. The fraction of sp³-hybridized carbons (Fsp3) is 0.185. The van der Waals surface area contributed by atoms with Crippen molar-refractivity contribution < 1.29 is 8.83 Å². The molecule has 0 amide bonds. The van der Waals surface area contributed by atoms with E-state index >= 15 is 0 Å². The molecule has 6 nitrogen and oxygen atoms in total. The molecule has 0 radical (unpaired) electrons. The Balaban J connectivity index is 1.34. The lowest BCUT2D eigenvalue weighted by molar-refractivity contribution is 0.549. The van der Waals surface area contributed by atoms with Crippen LogP contribution in [0.5, 0.6) is 0 Å². The van der Waals surface area contributed by atoms with Gasteiger partial charge in [0, 0.05) is 22.8 Å². The zero-order valence-corrected chi connectivity index (χ0v) is 21.2. The van der Waals surface area contributed by atoms with Crippen LogP contribution >= 0.6 is 22.7 Å². The van der Waals surface area contributed by atoms with Crippen LogP contribution in [0.15, 0.2) is 79.6 Å². The molecule has 0 saturated heterocycles. The van der Waals surface area contributed by atoms with Gasteiger partial charge in [-0.15, -0.1) is 22.7 Å². The fourth-order valence-corrected chi connectivity index (χ4v) is 5.22. The Morgan fingerprint density at radius 2 is 1.49 bits per heavy atom. The summed E-state index contributed by atoms with van der Waals surface area (Å²) in [6.45, 7) is 5.62. The topological polar surface area (TPSA) is 75.1 Å². The molecule has 0 spiro atoms. The maximum Gasteiger partial charge on any atom is 0.212 e. The number of guanidine groups is 1. The second-order valence-corrected chi connectivity index (χ2v) is 10.3. The minimum atomic E-state index is 0.703. The number of nitrogens with zero attached hydrogens (tertiary/aromatic N) is 2. The van der Waals surface area contributed by atoms with E-state index in [0.29, 0.717) is 5.96 Å². The van der Waals surface area contributed by atoms with Gasteiger partial charge in [0.25, 0.3) is 0 Å². The van der Waals surface area contributed by atoms with Gasteiger partial charge in [-0.1, -0.05) is 0 Å². The summed E-state index contributed by atoms with van der Waals surface area (Å²) in [5.74, 6) is 4.31. The lowest BCUT2D eigenvalue weighted by atomic mass is 10.2. The highest BCUT2D eigenvalue weighted by Crippen LogP contribution is 2.31. The first-order valence-corrected chi connectivity index (χ1v) is 13.1. The van der Waals surface area contributed by atoms with Crippen molar-refractivity contribution in [1.29, 1.82) is 0 Å². The number of aryl methyl sites for hydroxylation is 2. The van der Waals surface area contributed by atoms with Crippen molar-refractivity contribution in [1.82, 2.24) is 10.7 Å². The molecule has 5 heterocycles. The van der Waals surface area contributed by atoms with E-state index in [4.69, 9.17) is 8.83 Å². The Morgan fingerprint density at radius 1 is 0.886 bits per heavy atom. The molecule has 0 saturated carbocycles. The van der Waals surface area contributed by atoms with Gasteiger partial charge >= 0.3 is 0 Å². The molecular formula is C27H26N4O2S2. The van der Waals surface area contributed by atoms with Gasteiger partial charge in [-0.2, -0.15) is 5.10 Å². The molecule has 4 aromatic heterocycles. The van der Waals surface area contributed by atoms with Crippen LogP contribution in [0, 0.1) is 13.8 Å². The van der Waals surface area contributed by atoms with E-state index < -0.39 is 0 Å². The summed E-state index contributed by atoms with van der Waals surface area (Å²) in [6, 6.07) is 16.3. The molecule has 0 fully saturated rings. The standard InChI is InChI=1S/C27H26N4O2S2/c1-18-4-12-23(32-18)25-14-10-21(34-25)8-6-20(30-31-27-28-16-3-17-29-27)7-9-22-11-15-26(35-22)24-13-5-19(2)33-24/h4-15H,3,16-17H2,1-2H3,(H2,28,29,31)/b8-6+,9-7+. The molecule has 0 unspecified atom stereocenters. The van der Waals surface area contributed by atoms with Crippen molar-refractivity contribution >= 4 is 46.5 Å². The van der Waals surface area contributed by atoms with Crippen molar-refractivity contribution in [2.45, 2.75) is 20.3 Å². The van der Waals surface area contributed by atoms with Crippen LogP contribution in [0.4, 0.5) is 0 Å².